The van der Waals surface area contributed by atoms with Crippen molar-refractivity contribution in [3.8, 4) is 0 Å². The number of aliphatic hydroxyl groups excluding tert-OH is 1. The molecule has 9 heteroatoms. The molecule has 0 aliphatic rings. The summed E-state index contributed by atoms with van der Waals surface area (Å²) < 4.78 is 23.7. The number of carbonyl (C=O) groups is 1. The molecule has 0 saturated carbocycles. The van der Waals surface area contributed by atoms with Gasteiger partial charge in [-0.3, -0.25) is 13.8 Å². The summed E-state index contributed by atoms with van der Waals surface area (Å²) in [6.07, 6.45) is 59.9. The first-order valence-electron chi connectivity index (χ1n) is 28.2. The Bertz CT molecular complexity index is 1110. The Morgan fingerprint density at radius 3 is 1.18 bits per heavy atom. The Hall–Kier alpha value is -1.02. The predicted molar refractivity (Wildman–Crippen MR) is 281 cm³/mol. The Morgan fingerprint density at radius 2 is 0.831 bits per heavy atom. The van der Waals surface area contributed by atoms with Crippen molar-refractivity contribution < 1.29 is 32.9 Å². The molecule has 8 nitrogen and oxygen atoms in total. The number of hydrogen-bond acceptors (Lipinski definition) is 5. The lowest BCUT2D eigenvalue weighted by atomic mass is 10.0. The molecule has 386 valence electrons. The van der Waals surface area contributed by atoms with Crippen LogP contribution in [0.25, 0.3) is 0 Å². The molecule has 0 saturated heterocycles. The minimum Gasteiger partial charge on any atom is -0.387 e. The minimum absolute atomic E-state index is 0.0637. The molecule has 3 unspecified atom stereocenters. The van der Waals surface area contributed by atoms with E-state index in [9.17, 15) is 19.4 Å². The fraction of sp³-hybridized carbons (Fsp3) is 0.911. The monoisotopic (exact) mass is 940 g/mol. The summed E-state index contributed by atoms with van der Waals surface area (Å²) in [7, 11) is 1.58. The Morgan fingerprint density at radius 1 is 0.508 bits per heavy atom. The van der Waals surface area contributed by atoms with Crippen molar-refractivity contribution in [2.24, 2.45) is 0 Å². The Balaban J connectivity index is 4.08. The second kappa shape index (κ2) is 48.0. The fourth-order valence-corrected chi connectivity index (χ4v) is 9.19. The second-order valence-electron chi connectivity index (χ2n) is 20.7. The lowest BCUT2D eigenvalue weighted by molar-refractivity contribution is -0.870. The molecule has 65 heavy (non-hydrogen) atoms. The van der Waals surface area contributed by atoms with Gasteiger partial charge in [0.05, 0.1) is 39.9 Å². The lowest BCUT2D eigenvalue weighted by Gasteiger charge is -2.25. The number of allylic oxidation sites excluding steroid dienone is 3. The number of hydrogen-bond donors (Lipinski definition) is 3. The molecule has 0 bridgehead atoms. The summed E-state index contributed by atoms with van der Waals surface area (Å²) >= 11 is 0. The van der Waals surface area contributed by atoms with E-state index in [2.05, 4.69) is 31.3 Å². The van der Waals surface area contributed by atoms with E-state index in [0.717, 1.165) is 38.5 Å². The van der Waals surface area contributed by atoms with E-state index in [-0.39, 0.29) is 19.1 Å². The summed E-state index contributed by atoms with van der Waals surface area (Å²) in [6, 6.07) is -0.843. The molecule has 0 radical (unpaired) electrons. The van der Waals surface area contributed by atoms with Crippen LogP contribution in [-0.2, 0) is 18.4 Å². The largest absolute Gasteiger partial charge is 0.472 e. The highest BCUT2D eigenvalue weighted by Gasteiger charge is 2.27. The second-order valence-corrected chi connectivity index (χ2v) is 22.1. The molecule has 0 heterocycles. The van der Waals surface area contributed by atoms with Gasteiger partial charge >= 0.3 is 7.82 Å². The van der Waals surface area contributed by atoms with Crippen LogP contribution in [0.1, 0.15) is 277 Å². The third-order valence-corrected chi connectivity index (χ3v) is 13.9. The third kappa shape index (κ3) is 50.7. The van der Waals surface area contributed by atoms with Gasteiger partial charge < -0.3 is 19.8 Å². The molecule has 1 amide bonds. The van der Waals surface area contributed by atoms with E-state index in [1.807, 2.05) is 27.2 Å². The van der Waals surface area contributed by atoms with E-state index < -0.39 is 20.0 Å². The Labute approximate surface area is 404 Å². The van der Waals surface area contributed by atoms with Crippen LogP contribution >= 0.6 is 7.82 Å². The highest BCUT2D eigenvalue weighted by Crippen LogP contribution is 2.43. The van der Waals surface area contributed by atoms with Crippen LogP contribution in [0.3, 0.4) is 0 Å². The maximum Gasteiger partial charge on any atom is 0.472 e. The summed E-state index contributed by atoms with van der Waals surface area (Å²) in [6.45, 7) is 4.84. The number of phosphoric ester groups is 1. The first-order valence-corrected chi connectivity index (χ1v) is 29.7. The van der Waals surface area contributed by atoms with E-state index in [1.165, 1.54) is 218 Å². The molecule has 0 aromatic carbocycles. The topological polar surface area (TPSA) is 105 Å². The molecule has 3 N–H and O–H groups in total. The van der Waals surface area contributed by atoms with Crippen LogP contribution in [0.2, 0.25) is 0 Å². The fourth-order valence-electron chi connectivity index (χ4n) is 8.45. The SMILES string of the molecule is CCCCCCCCCC/C=C\CCCCCCCCCCCCCCCCCCCC(=O)NC(COP(=O)(O)OCC[N+](C)(C)C)C(O)/C=C/CCCCCCCCCCCCCC. The number of phosphoric acid groups is 1. The van der Waals surface area contributed by atoms with E-state index >= 15 is 0 Å². The maximum absolute atomic E-state index is 13.0. The predicted octanol–water partition coefficient (Wildman–Crippen LogP) is 16.8. The number of nitrogens with zero attached hydrogens (tertiary/aromatic N) is 1. The van der Waals surface area contributed by atoms with Crippen LogP contribution in [-0.4, -0.2) is 73.4 Å². The van der Waals surface area contributed by atoms with Gasteiger partial charge in [0.1, 0.15) is 13.2 Å². The number of unbranched alkanes of at least 4 members (excludes halogenated alkanes) is 37. The van der Waals surface area contributed by atoms with Crippen LogP contribution in [0.15, 0.2) is 24.3 Å². The number of quaternary nitrogens is 1. The van der Waals surface area contributed by atoms with Gasteiger partial charge in [0.25, 0.3) is 0 Å². The molecule has 0 aromatic rings. The zero-order valence-corrected chi connectivity index (χ0v) is 44.9. The van der Waals surface area contributed by atoms with Crippen LogP contribution in [0.5, 0.6) is 0 Å². The number of likely N-dealkylation sites (N-methyl/N-ethyl adjacent to an activating group) is 1. The van der Waals surface area contributed by atoms with Crippen molar-refractivity contribution in [3.63, 3.8) is 0 Å². The van der Waals surface area contributed by atoms with Crippen LogP contribution < -0.4 is 5.32 Å². The standard InChI is InChI=1S/C56H111N2O6P/c1-6-8-10-12-14-16-18-20-22-23-24-25-26-27-28-29-30-31-32-33-34-35-36-38-40-42-44-46-48-50-56(60)57-54(53-64-65(61,62)63-52-51-58(3,4)5)55(59)49-47-45-43-41-39-37-21-19-17-15-13-11-9-7-2/h23-24,47,49,54-55,59H,6-22,25-46,48,50-53H2,1-5H3,(H-,57,60,61,62)/p+1/b24-23-,49-47+. The number of nitrogens with one attached hydrogen (secondary N) is 1. The quantitative estimate of drug-likeness (QED) is 0.0243. The Kier molecular flexibility index (Phi) is 47.3. The summed E-state index contributed by atoms with van der Waals surface area (Å²) in [4.78, 5) is 23.2. The number of carbonyl (C=O) groups excluding carboxylic acids is 1. The zero-order chi connectivity index (χ0) is 47.8. The van der Waals surface area contributed by atoms with E-state index in [4.69, 9.17) is 9.05 Å². The average Bonchev–Trinajstić information content (AvgIpc) is 3.26. The van der Waals surface area contributed by atoms with Crippen molar-refractivity contribution in [1.29, 1.82) is 0 Å². The molecular formula is C56H112N2O6P+. The summed E-state index contributed by atoms with van der Waals surface area (Å²) in [5.74, 6) is -0.173. The highest BCUT2D eigenvalue weighted by molar-refractivity contribution is 7.47. The van der Waals surface area contributed by atoms with Crippen LogP contribution in [0.4, 0.5) is 0 Å². The molecule has 0 rings (SSSR count). The molecule has 0 aliphatic carbocycles. The van der Waals surface area contributed by atoms with Crippen molar-refractivity contribution in [1.82, 2.24) is 5.32 Å². The number of rotatable bonds is 52. The zero-order valence-electron chi connectivity index (χ0n) is 44.0. The number of aliphatic hydroxyl groups is 1. The molecule has 3 atom stereocenters. The minimum atomic E-state index is -4.34. The van der Waals surface area contributed by atoms with Gasteiger partial charge in [-0.15, -0.1) is 0 Å². The van der Waals surface area contributed by atoms with Gasteiger partial charge in [-0.2, -0.15) is 0 Å². The van der Waals surface area contributed by atoms with Gasteiger partial charge in [-0.05, 0) is 44.9 Å². The normalized spacial score (nSPS) is 14.1. The first-order chi connectivity index (χ1) is 31.5. The lowest BCUT2D eigenvalue weighted by Crippen LogP contribution is -2.45. The molecule has 0 spiro atoms. The van der Waals surface area contributed by atoms with Gasteiger partial charge in [-0.25, -0.2) is 4.57 Å². The third-order valence-electron chi connectivity index (χ3n) is 12.9. The first kappa shape index (κ1) is 64.0. The van der Waals surface area contributed by atoms with Gasteiger partial charge in [-0.1, -0.05) is 250 Å². The molecule has 0 aliphatic heterocycles. The molecular weight excluding hydrogens is 828 g/mol. The van der Waals surface area contributed by atoms with Gasteiger partial charge in [0.15, 0.2) is 0 Å². The van der Waals surface area contributed by atoms with Crippen molar-refractivity contribution in [3.05, 3.63) is 24.3 Å². The molecule has 0 fully saturated rings. The van der Waals surface area contributed by atoms with Crippen molar-refractivity contribution in [2.45, 2.75) is 289 Å². The van der Waals surface area contributed by atoms with Gasteiger partial charge in [0.2, 0.25) is 5.91 Å². The highest BCUT2D eigenvalue weighted by atomic mass is 31.2. The summed E-state index contributed by atoms with van der Waals surface area (Å²) in [5.41, 5.74) is 0. The maximum atomic E-state index is 13.0. The van der Waals surface area contributed by atoms with Gasteiger partial charge in [0, 0.05) is 6.42 Å². The molecule has 0 aromatic heterocycles. The summed E-state index contributed by atoms with van der Waals surface area (Å²) in [5, 5.41) is 13.9. The van der Waals surface area contributed by atoms with Crippen molar-refractivity contribution in [2.75, 3.05) is 40.9 Å². The van der Waals surface area contributed by atoms with E-state index in [0.29, 0.717) is 17.4 Å². The van der Waals surface area contributed by atoms with E-state index in [1.54, 1.807) is 6.08 Å². The smallest absolute Gasteiger partial charge is 0.387 e. The van der Waals surface area contributed by atoms with Crippen molar-refractivity contribution >= 4 is 13.7 Å². The average molecular weight is 940 g/mol. The number of amides is 1. The van der Waals surface area contributed by atoms with Crippen LogP contribution in [0, 0.1) is 0 Å².